The standard InChI is InChI=1S/C28H52O7/c1-11-20-14(4)15(5)25(28(30-10)33-20)35-27-19(9)24(17(7)22(13-3)32-27)34-26-18(8)23(29)16(6)21(12-2)31-26/h14-29H,11-13H2,1-10H3/t14-,15-,16+,17+,18?,19?,20?,21?,22?,23-,24-,25?,26+,27+,28-/m0/s1. The van der Waals surface area contributed by atoms with E-state index < -0.39 is 25.0 Å². The SMILES string of the molecule is CCC1O[C@H](OC)C(O[C@H]2OC(CC)[C@@H](C)[C@H](O[C@H]3OC(CC)[C@@H](C)[C@H](O)C3C)C2C)[C@@H](C)[C@@H]1C. The molecule has 0 saturated carbocycles. The van der Waals surface area contributed by atoms with Gasteiger partial charge in [0.2, 0.25) is 0 Å². The van der Waals surface area contributed by atoms with Gasteiger partial charge >= 0.3 is 0 Å². The third-order valence-electron chi connectivity index (χ3n) is 9.30. The van der Waals surface area contributed by atoms with E-state index in [0.717, 1.165) is 19.3 Å². The molecule has 3 heterocycles. The van der Waals surface area contributed by atoms with E-state index in [1.54, 1.807) is 7.11 Å². The summed E-state index contributed by atoms with van der Waals surface area (Å²) in [5.74, 6) is 0.747. The van der Waals surface area contributed by atoms with Crippen LogP contribution in [0.3, 0.4) is 0 Å². The lowest BCUT2D eigenvalue weighted by molar-refractivity contribution is -0.356. The first-order chi connectivity index (χ1) is 16.6. The highest BCUT2D eigenvalue weighted by atomic mass is 16.7. The van der Waals surface area contributed by atoms with E-state index >= 15 is 0 Å². The molecule has 15 atom stereocenters. The van der Waals surface area contributed by atoms with Gasteiger partial charge in [-0.15, -0.1) is 0 Å². The maximum absolute atomic E-state index is 10.9. The fourth-order valence-electron chi connectivity index (χ4n) is 6.46. The van der Waals surface area contributed by atoms with Crippen LogP contribution in [0.15, 0.2) is 0 Å². The van der Waals surface area contributed by atoms with Gasteiger partial charge in [-0.3, -0.25) is 0 Å². The number of ether oxygens (including phenoxy) is 6. The van der Waals surface area contributed by atoms with E-state index in [1.165, 1.54) is 0 Å². The normalized spacial score (nSPS) is 51.3. The van der Waals surface area contributed by atoms with E-state index in [9.17, 15) is 5.11 Å². The topological polar surface area (TPSA) is 75.6 Å². The van der Waals surface area contributed by atoms with Gasteiger partial charge in [-0.05, 0) is 31.1 Å². The van der Waals surface area contributed by atoms with Crippen LogP contribution in [-0.2, 0) is 28.4 Å². The Morgan fingerprint density at radius 2 is 1.00 bits per heavy atom. The van der Waals surface area contributed by atoms with Crippen molar-refractivity contribution >= 4 is 0 Å². The fourth-order valence-corrected chi connectivity index (χ4v) is 6.46. The van der Waals surface area contributed by atoms with Gasteiger partial charge < -0.3 is 33.5 Å². The van der Waals surface area contributed by atoms with Crippen LogP contribution >= 0.6 is 0 Å². The minimum atomic E-state index is -0.452. The second-order valence-corrected chi connectivity index (χ2v) is 11.4. The summed E-state index contributed by atoms with van der Waals surface area (Å²) in [4.78, 5) is 0. The Kier molecular flexibility index (Phi) is 10.5. The van der Waals surface area contributed by atoms with Crippen molar-refractivity contribution in [3.05, 3.63) is 0 Å². The molecular formula is C28H52O7. The molecule has 0 spiro atoms. The number of hydrogen-bond acceptors (Lipinski definition) is 7. The largest absolute Gasteiger partial charge is 0.392 e. The Labute approximate surface area is 213 Å². The number of aliphatic hydroxyl groups is 1. The summed E-state index contributed by atoms with van der Waals surface area (Å²) in [6, 6.07) is 0. The number of rotatable bonds is 8. The van der Waals surface area contributed by atoms with Crippen molar-refractivity contribution < 1.29 is 33.5 Å². The van der Waals surface area contributed by atoms with Crippen LogP contribution in [0.2, 0.25) is 0 Å². The molecule has 3 rings (SSSR count). The van der Waals surface area contributed by atoms with Gasteiger partial charge in [0, 0.05) is 30.8 Å². The molecule has 0 bridgehead atoms. The van der Waals surface area contributed by atoms with Gasteiger partial charge in [-0.2, -0.15) is 0 Å². The van der Waals surface area contributed by atoms with Crippen molar-refractivity contribution in [2.24, 2.45) is 35.5 Å². The van der Waals surface area contributed by atoms with E-state index in [4.69, 9.17) is 28.4 Å². The molecule has 7 nitrogen and oxygen atoms in total. The number of hydrogen-bond donors (Lipinski definition) is 1. The molecule has 206 valence electrons. The zero-order valence-corrected chi connectivity index (χ0v) is 23.7. The Morgan fingerprint density at radius 1 is 0.543 bits per heavy atom. The second kappa shape index (κ2) is 12.5. The van der Waals surface area contributed by atoms with Gasteiger partial charge in [0.25, 0.3) is 0 Å². The van der Waals surface area contributed by atoms with Gasteiger partial charge in [-0.1, -0.05) is 62.3 Å². The zero-order valence-electron chi connectivity index (χ0n) is 23.7. The highest BCUT2D eigenvalue weighted by Gasteiger charge is 2.50. The monoisotopic (exact) mass is 500 g/mol. The Bertz CT molecular complexity index is 643. The Morgan fingerprint density at radius 3 is 1.54 bits per heavy atom. The predicted octanol–water partition coefficient (Wildman–Crippen LogP) is 4.99. The first-order valence-electron chi connectivity index (χ1n) is 14.1. The molecule has 3 saturated heterocycles. The van der Waals surface area contributed by atoms with E-state index in [0.29, 0.717) is 5.92 Å². The smallest absolute Gasteiger partial charge is 0.184 e. The van der Waals surface area contributed by atoms with Crippen LogP contribution in [0.1, 0.15) is 81.6 Å². The van der Waals surface area contributed by atoms with Gasteiger partial charge in [0.15, 0.2) is 18.9 Å². The van der Waals surface area contributed by atoms with Gasteiger partial charge in [0.05, 0.1) is 30.5 Å². The fraction of sp³-hybridized carbons (Fsp3) is 1.00. The number of aliphatic hydroxyl groups excluding tert-OH is 1. The Hall–Kier alpha value is -0.280. The molecule has 0 amide bonds. The lowest BCUT2D eigenvalue weighted by Gasteiger charge is -2.50. The lowest BCUT2D eigenvalue weighted by atomic mass is 9.81. The molecule has 0 radical (unpaired) electrons. The number of methoxy groups -OCH3 is 1. The molecule has 0 aromatic rings. The second-order valence-electron chi connectivity index (χ2n) is 11.4. The molecule has 0 aromatic heterocycles. The maximum atomic E-state index is 10.9. The third-order valence-corrected chi connectivity index (χ3v) is 9.30. The van der Waals surface area contributed by atoms with Crippen molar-refractivity contribution in [1.29, 1.82) is 0 Å². The summed E-state index contributed by atoms with van der Waals surface area (Å²) < 4.78 is 38.3. The Balaban J connectivity index is 1.78. The molecule has 0 aromatic carbocycles. The van der Waals surface area contributed by atoms with Crippen LogP contribution in [0.5, 0.6) is 0 Å². The molecule has 3 fully saturated rings. The summed E-state index contributed by atoms with van der Waals surface area (Å²) in [6.07, 6.45) is 0.696. The van der Waals surface area contributed by atoms with Crippen LogP contribution in [0.4, 0.5) is 0 Å². The maximum Gasteiger partial charge on any atom is 0.184 e. The minimum Gasteiger partial charge on any atom is -0.392 e. The first kappa shape index (κ1) is 29.3. The predicted molar refractivity (Wildman–Crippen MR) is 135 cm³/mol. The first-order valence-corrected chi connectivity index (χ1v) is 14.1. The van der Waals surface area contributed by atoms with Crippen molar-refractivity contribution in [2.45, 2.75) is 137 Å². The van der Waals surface area contributed by atoms with Gasteiger partial charge in [-0.25, -0.2) is 0 Å². The highest BCUT2D eigenvalue weighted by Crippen LogP contribution is 2.41. The van der Waals surface area contributed by atoms with Crippen molar-refractivity contribution in [3.63, 3.8) is 0 Å². The summed E-state index contributed by atoms with van der Waals surface area (Å²) >= 11 is 0. The van der Waals surface area contributed by atoms with E-state index in [1.807, 2.05) is 6.92 Å². The van der Waals surface area contributed by atoms with Crippen molar-refractivity contribution in [2.75, 3.05) is 7.11 Å². The summed E-state index contributed by atoms with van der Waals surface area (Å²) in [6.45, 7) is 19.2. The van der Waals surface area contributed by atoms with Crippen LogP contribution in [0, 0.1) is 35.5 Å². The zero-order chi connectivity index (χ0) is 26.0. The molecule has 3 aliphatic heterocycles. The summed E-state index contributed by atoms with van der Waals surface area (Å²) in [7, 11) is 1.68. The van der Waals surface area contributed by atoms with E-state index in [-0.39, 0.29) is 60.1 Å². The minimum absolute atomic E-state index is 0.00698. The molecule has 3 aliphatic rings. The average molecular weight is 501 g/mol. The van der Waals surface area contributed by atoms with Crippen molar-refractivity contribution in [1.82, 2.24) is 0 Å². The molecule has 35 heavy (non-hydrogen) atoms. The molecule has 0 aliphatic carbocycles. The quantitative estimate of drug-likeness (QED) is 0.503. The van der Waals surface area contributed by atoms with Crippen LogP contribution in [0.25, 0.3) is 0 Å². The highest BCUT2D eigenvalue weighted by molar-refractivity contribution is 4.91. The van der Waals surface area contributed by atoms with E-state index in [2.05, 4.69) is 55.4 Å². The van der Waals surface area contributed by atoms with Crippen LogP contribution < -0.4 is 0 Å². The van der Waals surface area contributed by atoms with Crippen molar-refractivity contribution in [3.8, 4) is 0 Å². The lowest BCUT2D eigenvalue weighted by Crippen LogP contribution is -2.58. The summed E-state index contributed by atoms with van der Waals surface area (Å²) in [5.41, 5.74) is 0. The van der Waals surface area contributed by atoms with Crippen LogP contribution in [-0.4, -0.2) is 67.7 Å². The summed E-state index contributed by atoms with van der Waals surface area (Å²) in [5, 5.41) is 10.9. The molecule has 1 N–H and O–H groups in total. The molecular weight excluding hydrogens is 448 g/mol. The van der Waals surface area contributed by atoms with Gasteiger partial charge in [0.1, 0.15) is 6.10 Å². The average Bonchev–Trinajstić information content (AvgIpc) is 2.86. The third kappa shape index (κ3) is 5.92. The molecule has 7 heteroatoms. The molecule has 6 unspecified atom stereocenters.